The molecule has 1 saturated heterocycles. The van der Waals surface area contributed by atoms with Crippen LogP contribution >= 0.6 is 0 Å². The number of rotatable bonds is 7. The fourth-order valence-electron chi connectivity index (χ4n) is 3.13. The Kier molecular flexibility index (Phi) is 6.59. The Labute approximate surface area is 161 Å². The molecule has 7 nitrogen and oxygen atoms in total. The van der Waals surface area contributed by atoms with E-state index >= 15 is 0 Å². The van der Waals surface area contributed by atoms with Crippen molar-refractivity contribution in [2.75, 3.05) is 63.6 Å². The lowest BCUT2D eigenvalue weighted by molar-refractivity contribution is 0.0741. The minimum atomic E-state index is -0.0264. The van der Waals surface area contributed by atoms with E-state index in [2.05, 4.69) is 37.2 Å². The summed E-state index contributed by atoms with van der Waals surface area (Å²) < 4.78 is 0. The van der Waals surface area contributed by atoms with Crippen molar-refractivity contribution < 1.29 is 4.79 Å². The highest BCUT2D eigenvalue weighted by molar-refractivity contribution is 5.92. The fourth-order valence-corrected chi connectivity index (χ4v) is 3.13. The first kappa shape index (κ1) is 19.1. The first-order valence-corrected chi connectivity index (χ1v) is 9.44. The summed E-state index contributed by atoms with van der Waals surface area (Å²) >= 11 is 0. The molecule has 0 atom stereocenters. The van der Waals surface area contributed by atoms with E-state index in [0.29, 0.717) is 24.7 Å². The van der Waals surface area contributed by atoms with Gasteiger partial charge < -0.3 is 20.0 Å². The molecule has 0 saturated carbocycles. The molecule has 0 spiro atoms. The number of amides is 1. The number of carbonyl (C=O) groups is 1. The normalized spacial score (nSPS) is 14.5. The van der Waals surface area contributed by atoms with E-state index in [1.807, 2.05) is 37.2 Å². The summed E-state index contributed by atoms with van der Waals surface area (Å²) in [6.07, 6.45) is 2.64. The van der Waals surface area contributed by atoms with E-state index in [0.717, 1.165) is 32.6 Å². The number of aromatic nitrogens is 2. The predicted molar refractivity (Wildman–Crippen MR) is 108 cm³/mol. The molecule has 1 aliphatic heterocycles. The number of hydrogen-bond acceptors (Lipinski definition) is 6. The number of nitrogens with one attached hydrogen (secondary N) is 1. The molecule has 1 fully saturated rings. The summed E-state index contributed by atoms with van der Waals surface area (Å²) in [6.45, 7) is 4.84. The molecule has 1 aromatic carbocycles. The van der Waals surface area contributed by atoms with E-state index < -0.39 is 0 Å². The quantitative estimate of drug-likeness (QED) is 0.752. The van der Waals surface area contributed by atoms with Crippen molar-refractivity contribution in [3.63, 3.8) is 0 Å². The number of hydrogen-bond donors (Lipinski definition) is 1. The molecule has 0 aliphatic carbocycles. The Hall–Kier alpha value is -2.67. The fraction of sp³-hybridized carbons (Fsp3) is 0.450. The van der Waals surface area contributed by atoms with Gasteiger partial charge in [0.15, 0.2) is 0 Å². The zero-order chi connectivity index (χ0) is 19.1. The van der Waals surface area contributed by atoms with E-state index in [1.54, 1.807) is 12.3 Å². The zero-order valence-corrected chi connectivity index (χ0v) is 16.1. The Morgan fingerprint density at radius 1 is 1.11 bits per heavy atom. The third-order valence-corrected chi connectivity index (χ3v) is 4.63. The molecule has 0 unspecified atom stereocenters. The Morgan fingerprint density at radius 2 is 1.85 bits per heavy atom. The molecule has 7 heteroatoms. The van der Waals surface area contributed by atoms with Crippen LogP contribution in [0.25, 0.3) is 0 Å². The minimum absolute atomic E-state index is 0.0264. The second kappa shape index (κ2) is 9.32. The second-order valence-corrected chi connectivity index (χ2v) is 6.96. The molecular weight excluding hydrogens is 340 g/mol. The van der Waals surface area contributed by atoms with Gasteiger partial charge in [0, 0.05) is 44.6 Å². The molecule has 1 aromatic heterocycles. The first-order valence-electron chi connectivity index (χ1n) is 9.44. The molecule has 1 amide bonds. The lowest BCUT2D eigenvalue weighted by atomic mass is 10.2. The highest BCUT2D eigenvalue weighted by Crippen LogP contribution is 2.16. The van der Waals surface area contributed by atoms with Gasteiger partial charge in [-0.3, -0.25) is 4.79 Å². The topological polar surface area (TPSA) is 64.6 Å². The van der Waals surface area contributed by atoms with E-state index in [4.69, 9.17) is 0 Å². The second-order valence-electron chi connectivity index (χ2n) is 6.96. The van der Waals surface area contributed by atoms with Gasteiger partial charge in [-0.15, -0.1) is 0 Å². The van der Waals surface area contributed by atoms with Crippen LogP contribution in [0.2, 0.25) is 0 Å². The van der Waals surface area contributed by atoms with Gasteiger partial charge in [-0.1, -0.05) is 18.2 Å². The number of piperazine rings is 1. The van der Waals surface area contributed by atoms with Crippen LogP contribution in [-0.2, 0) is 0 Å². The van der Waals surface area contributed by atoms with Gasteiger partial charge in [0.1, 0.15) is 5.69 Å². The summed E-state index contributed by atoms with van der Waals surface area (Å²) in [5.74, 6) is 0.490. The van der Waals surface area contributed by atoms with Crippen molar-refractivity contribution in [2.45, 2.75) is 6.42 Å². The average molecular weight is 368 g/mol. The van der Waals surface area contributed by atoms with Gasteiger partial charge in [-0.05, 0) is 45.3 Å². The number of anilines is 2. The van der Waals surface area contributed by atoms with Gasteiger partial charge in [0.05, 0.1) is 0 Å². The predicted octanol–water partition coefficient (Wildman–Crippen LogP) is 1.80. The monoisotopic (exact) mass is 368 g/mol. The van der Waals surface area contributed by atoms with Crippen LogP contribution in [0.4, 0.5) is 11.6 Å². The molecular formula is C20H28N6O. The number of nitrogens with zero attached hydrogens (tertiary/aromatic N) is 5. The zero-order valence-electron chi connectivity index (χ0n) is 16.1. The number of para-hydroxylation sites is 1. The van der Waals surface area contributed by atoms with E-state index in [9.17, 15) is 4.79 Å². The maximum absolute atomic E-state index is 12.8. The van der Waals surface area contributed by atoms with Crippen molar-refractivity contribution >= 4 is 17.5 Å². The van der Waals surface area contributed by atoms with Crippen LogP contribution in [0.15, 0.2) is 42.6 Å². The smallest absolute Gasteiger partial charge is 0.272 e. The van der Waals surface area contributed by atoms with E-state index in [1.165, 1.54) is 5.69 Å². The molecule has 2 heterocycles. The van der Waals surface area contributed by atoms with Crippen LogP contribution in [0.5, 0.6) is 0 Å². The Balaban J connectivity index is 1.53. The third-order valence-electron chi connectivity index (χ3n) is 4.63. The Bertz CT molecular complexity index is 728. The summed E-state index contributed by atoms with van der Waals surface area (Å²) in [5, 5.41) is 3.20. The van der Waals surface area contributed by atoms with Crippen molar-refractivity contribution in [2.24, 2.45) is 0 Å². The molecule has 3 rings (SSSR count). The van der Waals surface area contributed by atoms with E-state index in [-0.39, 0.29) is 5.91 Å². The summed E-state index contributed by atoms with van der Waals surface area (Å²) in [4.78, 5) is 27.7. The van der Waals surface area contributed by atoms with Crippen molar-refractivity contribution in [3.8, 4) is 0 Å². The van der Waals surface area contributed by atoms with Crippen LogP contribution in [0, 0.1) is 0 Å². The molecule has 0 bridgehead atoms. The molecule has 144 valence electrons. The maximum atomic E-state index is 12.8. The van der Waals surface area contributed by atoms with Crippen molar-refractivity contribution in [3.05, 3.63) is 48.3 Å². The van der Waals surface area contributed by atoms with Gasteiger partial charge in [0.25, 0.3) is 5.91 Å². The van der Waals surface area contributed by atoms with Crippen molar-refractivity contribution in [1.82, 2.24) is 19.8 Å². The lowest BCUT2D eigenvalue weighted by Gasteiger charge is -2.36. The molecule has 2 aromatic rings. The van der Waals surface area contributed by atoms with Crippen molar-refractivity contribution in [1.29, 1.82) is 0 Å². The number of benzene rings is 1. The third kappa shape index (κ3) is 5.40. The standard InChI is InChI=1S/C20H28N6O/c1-24(2)12-6-10-21-20-22-11-9-18(23-20)19(27)26-15-13-25(14-16-26)17-7-4-3-5-8-17/h3-5,7-9,11H,6,10,12-16H2,1-2H3,(H,21,22,23). The molecule has 1 N–H and O–H groups in total. The summed E-state index contributed by atoms with van der Waals surface area (Å²) in [7, 11) is 4.10. The van der Waals surface area contributed by atoms with Crippen LogP contribution in [0.1, 0.15) is 16.9 Å². The van der Waals surface area contributed by atoms with Crippen LogP contribution in [-0.4, -0.2) is 79.0 Å². The first-order chi connectivity index (χ1) is 13.1. The average Bonchev–Trinajstić information content (AvgIpc) is 2.71. The molecule has 1 aliphatic rings. The highest BCUT2D eigenvalue weighted by atomic mass is 16.2. The van der Waals surface area contributed by atoms with Crippen LogP contribution < -0.4 is 10.2 Å². The summed E-state index contributed by atoms with van der Waals surface area (Å²) in [6, 6.07) is 12.0. The highest BCUT2D eigenvalue weighted by Gasteiger charge is 2.23. The number of carbonyl (C=O) groups excluding carboxylic acids is 1. The maximum Gasteiger partial charge on any atom is 0.272 e. The molecule has 0 radical (unpaired) electrons. The Morgan fingerprint density at radius 3 is 2.56 bits per heavy atom. The molecule has 27 heavy (non-hydrogen) atoms. The van der Waals surface area contributed by atoms with Gasteiger partial charge in [-0.25, -0.2) is 9.97 Å². The largest absolute Gasteiger partial charge is 0.368 e. The van der Waals surface area contributed by atoms with Gasteiger partial charge >= 0.3 is 0 Å². The van der Waals surface area contributed by atoms with Gasteiger partial charge in [0.2, 0.25) is 5.95 Å². The van der Waals surface area contributed by atoms with Crippen LogP contribution in [0.3, 0.4) is 0 Å². The lowest BCUT2D eigenvalue weighted by Crippen LogP contribution is -2.49. The van der Waals surface area contributed by atoms with Gasteiger partial charge in [-0.2, -0.15) is 0 Å². The minimum Gasteiger partial charge on any atom is -0.368 e. The summed E-state index contributed by atoms with van der Waals surface area (Å²) in [5.41, 5.74) is 1.66. The SMILES string of the molecule is CN(C)CCCNc1nccc(C(=O)N2CCN(c3ccccc3)CC2)n1.